The van der Waals surface area contributed by atoms with Gasteiger partial charge in [0.25, 0.3) is 11.8 Å². The highest BCUT2D eigenvalue weighted by Gasteiger charge is 2.45. The van der Waals surface area contributed by atoms with Crippen molar-refractivity contribution in [3.8, 4) is 11.1 Å². The van der Waals surface area contributed by atoms with Crippen molar-refractivity contribution in [2.75, 3.05) is 44.7 Å². The van der Waals surface area contributed by atoms with Crippen molar-refractivity contribution >= 4 is 46.1 Å². The van der Waals surface area contributed by atoms with Crippen LogP contribution in [-0.4, -0.2) is 99.4 Å². The zero-order valence-electron chi connectivity index (χ0n) is 38.5. The number of hydrogen-bond donors (Lipinski definition) is 2. The number of fused-ring (bicyclic) bond motifs is 2. The first-order valence-electron chi connectivity index (χ1n) is 24.0. The molecule has 0 radical (unpaired) electrons. The van der Waals surface area contributed by atoms with Gasteiger partial charge in [0, 0.05) is 69.7 Å². The number of piperidine rings is 1. The molecule has 3 aliphatic rings. The summed E-state index contributed by atoms with van der Waals surface area (Å²) in [5.74, 6) is 0.191. The number of rotatable bonds is 23. The van der Waals surface area contributed by atoms with Crippen LogP contribution in [0.5, 0.6) is 0 Å². The lowest BCUT2D eigenvalue weighted by Crippen LogP contribution is -2.54. The Morgan fingerprint density at radius 1 is 0.803 bits per heavy atom. The van der Waals surface area contributed by atoms with Gasteiger partial charge in [-0.05, 0) is 80.5 Å². The second-order valence-corrected chi connectivity index (χ2v) is 18.1. The van der Waals surface area contributed by atoms with E-state index in [4.69, 9.17) is 14.2 Å². The maximum Gasteiger partial charge on any atom is 0.264 e. The Balaban J connectivity index is 0.706. The standard InChI is InChI=1S/C52H63N7O7/c1-35-48(36(2)66-56-35)39-21-22-44-43(34-39)54-46(58(44)28-27-57-29-31-65-32-30-57)24-20-37-16-18-38(19-17-37)33-40(60)13-10-8-6-4-3-5-7-9-11-26-53-42-15-12-14-41-49(42)52(64)59(51(41)63)45-23-25-47(61)55-50(45)62/h12,14-19,21-22,34,45,53H,3-11,13,20,23-33H2,1-2H3,(H,55,61,62). The van der Waals surface area contributed by atoms with Gasteiger partial charge in [-0.25, -0.2) is 4.98 Å². The lowest BCUT2D eigenvalue weighted by atomic mass is 10.0. The highest BCUT2D eigenvalue weighted by molar-refractivity contribution is 6.25. The Kier molecular flexibility index (Phi) is 15.5. The highest BCUT2D eigenvalue weighted by Crippen LogP contribution is 2.33. The van der Waals surface area contributed by atoms with Crippen LogP contribution in [0.1, 0.15) is 126 Å². The second-order valence-electron chi connectivity index (χ2n) is 18.1. The highest BCUT2D eigenvalue weighted by atomic mass is 16.5. The van der Waals surface area contributed by atoms with Gasteiger partial charge in [-0.3, -0.25) is 39.1 Å². The number of aryl methyl sites for hydroxylation is 4. The normalized spacial score (nSPS) is 16.6. The van der Waals surface area contributed by atoms with Gasteiger partial charge < -0.3 is 19.1 Å². The number of carbonyl (C=O) groups excluding carboxylic acids is 5. The molecule has 348 valence electrons. The van der Waals surface area contributed by atoms with Crippen LogP contribution >= 0.6 is 0 Å². The smallest absolute Gasteiger partial charge is 0.264 e. The molecular weight excluding hydrogens is 835 g/mol. The zero-order chi connectivity index (χ0) is 46.0. The van der Waals surface area contributed by atoms with Gasteiger partial charge in [0.05, 0.1) is 41.1 Å². The van der Waals surface area contributed by atoms with Crippen LogP contribution in [0.3, 0.4) is 0 Å². The number of imide groups is 2. The summed E-state index contributed by atoms with van der Waals surface area (Å²) in [6.07, 6.45) is 12.7. The number of unbranched alkanes of at least 4 members (excludes halogenated alkanes) is 8. The summed E-state index contributed by atoms with van der Waals surface area (Å²) in [4.78, 5) is 71.9. The molecule has 2 N–H and O–H groups in total. The fourth-order valence-electron chi connectivity index (χ4n) is 9.70. The molecule has 3 aromatic carbocycles. The van der Waals surface area contributed by atoms with Crippen LogP contribution in [0.15, 0.2) is 65.2 Å². The molecule has 2 aromatic heterocycles. The number of anilines is 1. The van der Waals surface area contributed by atoms with Crippen molar-refractivity contribution in [2.45, 2.75) is 123 Å². The summed E-state index contributed by atoms with van der Waals surface area (Å²) >= 11 is 0. The Morgan fingerprint density at radius 3 is 2.26 bits per heavy atom. The lowest BCUT2D eigenvalue weighted by Gasteiger charge is -2.27. The number of imidazole rings is 1. The van der Waals surface area contributed by atoms with E-state index >= 15 is 0 Å². The predicted octanol–water partition coefficient (Wildman–Crippen LogP) is 7.95. The SMILES string of the molecule is Cc1noc(C)c1-c1ccc2c(c1)nc(CCc1ccc(CC(=O)CCCCCCCCCCCNc3cccc4c3C(=O)N(C3CCC(=O)NC3=O)C4=O)cc1)n2CCN1CCOCC1. The third kappa shape index (κ3) is 11.2. The van der Waals surface area contributed by atoms with Crippen LogP contribution < -0.4 is 10.6 Å². The minimum atomic E-state index is -0.975. The van der Waals surface area contributed by atoms with Crippen LogP contribution in [0.25, 0.3) is 22.2 Å². The number of ether oxygens (including phenoxy) is 1. The number of benzene rings is 3. The van der Waals surface area contributed by atoms with E-state index in [2.05, 4.69) is 67.7 Å². The molecule has 2 saturated heterocycles. The summed E-state index contributed by atoms with van der Waals surface area (Å²) < 4.78 is 13.4. The van der Waals surface area contributed by atoms with Crippen molar-refractivity contribution in [2.24, 2.45) is 0 Å². The monoisotopic (exact) mass is 897 g/mol. The summed E-state index contributed by atoms with van der Waals surface area (Å²) in [5.41, 5.74) is 8.58. The first-order valence-corrected chi connectivity index (χ1v) is 24.0. The van der Waals surface area contributed by atoms with Crippen molar-refractivity contribution < 1.29 is 33.2 Å². The van der Waals surface area contributed by atoms with Gasteiger partial charge in [0.15, 0.2) is 0 Å². The van der Waals surface area contributed by atoms with Gasteiger partial charge in [-0.2, -0.15) is 0 Å². The molecule has 1 unspecified atom stereocenters. The first-order chi connectivity index (χ1) is 32.1. The van der Waals surface area contributed by atoms with E-state index in [1.54, 1.807) is 18.2 Å². The molecule has 0 aliphatic carbocycles. The Morgan fingerprint density at radius 2 is 1.53 bits per heavy atom. The minimum absolute atomic E-state index is 0.0919. The molecular formula is C52H63N7O7. The van der Waals surface area contributed by atoms with Crippen molar-refractivity contribution in [3.63, 3.8) is 0 Å². The number of morpholine rings is 1. The molecule has 0 saturated carbocycles. The Hall–Kier alpha value is -5.99. The molecule has 4 amide bonds. The van der Waals surface area contributed by atoms with E-state index < -0.39 is 29.7 Å². The molecule has 3 aliphatic heterocycles. The molecule has 0 bridgehead atoms. The Bertz CT molecular complexity index is 2520. The summed E-state index contributed by atoms with van der Waals surface area (Å²) in [6.45, 7) is 9.87. The minimum Gasteiger partial charge on any atom is -0.384 e. The zero-order valence-corrected chi connectivity index (χ0v) is 38.5. The van der Waals surface area contributed by atoms with Gasteiger partial charge in [-0.1, -0.05) is 86.5 Å². The van der Waals surface area contributed by atoms with E-state index in [0.29, 0.717) is 36.4 Å². The number of aromatic nitrogens is 3. The number of hydrogen-bond acceptors (Lipinski definition) is 11. The summed E-state index contributed by atoms with van der Waals surface area (Å²) in [6, 6.07) is 19.2. The second kappa shape index (κ2) is 22.0. The molecule has 2 fully saturated rings. The van der Waals surface area contributed by atoms with Crippen molar-refractivity contribution in [1.82, 2.24) is 29.8 Å². The van der Waals surface area contributed by atoms with Crippen molar-refractivity contribution in [1.29, 1.82) is 0 Å². The van der Waals surface area contributed by atoms with Gasteiger partial charge in [0.1, 0.15) is 23.4 Å². The molecule has 0 spiro atoms. The van der Waals surface area contributed by atoms with Gasteiger partial charge in [-0.15, -0.1) is 0 Å². The molecule has 5 heterocycles. The van der Waals surface area contributed by atoms with E-state index in [9.17, 15) is 24.0 Å². The molecule has 14 heteroatoms. The van der Waals surface area contributed by atoms with Crippen molar-refractivity contribution in [3.05, 3.63) is 100 Å². The van der Waals surface area contributed by atoms with Gasteiger partial charge in [0.2, 0.25) is 11.8 Å². The quantitative estimate of drug-likeness (QED) is 0.0482. The number of nitrogens with zero attached hydrogens (tertiary/aromatic N) is 5. The molecule has 66 heavy (non-hydrogen) atoms. The van der Waals surface area contributed by atoms with Crippen LogP contribution in [0, 0.1) is 13.8 Å². The van der Waals surface area contributed by atoms with Crippen LogP contribution in [0.4, 0.5) is 5.69 Å². The summed E-state index contributed by atoms with van der Waals surface area (Å²) in [7, 11) is 0. The lowest BCUT2D eigenvalue weighted by molar-refractivity contribution is -0.136. The maximum atomic E-state index is 13.3. The number of carbonyl (C=O) groups is 5. The third-order valence-electron chi connectivity index (χ3n) is 13.4. The Labute approximate surface area is 386 Å². The van der Waals surface area contributed by atoms with Gasteiger partial charge >= 0.3 is 0 Å². The van der Waals surface area contributed by atoms with Crippen LogP contribution in [0.2, 0.25) is 0 Å². The maximum absolute atomic E-state index is 13.3. The van der Waals surface area contributed by atoms with E-state index in [1.807, 2.05) is 13.8 Å². The largest absolute Gasteiger partial charge is 0.384 e. The molecule has 14 nitrogen and oxygen atoms in total. The number of Topliss-reactive ketones (excluding diaryl/α,β-unsaturated/α-hetero) is 1. The summed E-state index contributed by atoms with van der Waals surface area (Å²) in [5, 5.41) is 9.74. The fraction of sp³-hybridized carbons (Fsp3) is 0.481. The van der Waals surface area contributed by atoms with E-state index in [1.165, 1.54) is 12.0 Å². The van der Waals surface area contributed by atoms with E-state index in [-0.39, 0.29) is 18.4 Å². The topological polar surface area (TPSA) is 169 Å². The molecule has 1 atom stereocenters. The number of amides is 4. The number of nitrogens with one attached hydrogen (secondary N) is 2. The predicted molar refractivity (Wildman–Crippen MR) is 252 cm³/mol. The fourth-order valence-corrected chi connectivity index (χ4v) is 9.70. The molecule has 8 rings (SSSR count). The number of ketones is 1. The van der Waals surface area contributed by atoms with Crippen LogP contribution in [-0.2, 0) is 44.9 Å². The van der Waals surface area contributed by atoms with E-state index in [0.717, 1.165) is 154 Å². The average molecular weight is 898 g/mol. The first kappa shape index (κ1) is 46.5. The average Bonchev–Trinajstić information content (AvgIpc) is 3.94. The molecule has 5 aromatic rings. The third-order valence-corrected chi connectivity index (χ3v) is 13.4.